The number of benzene rings is 2. The topological polar surface area (TPSA) is 111 Å². The fourth-order valence-corrected chi connectivity index (χ4v) is 3.89. The van der Waals surface area contributed by atoms with Crippen molar-refractivity contribution in [2.24, 2.45) is 11.8 Å². The van der Waals surface area contributed by atoms with Gasteiger partial charge in [0.05, 0.1) is 5.56 Å². The van der Waals surface area contributed by atoms with Crippen LogP contribution in [0.5, 0.6) is 23.0 Å². The highest BCUT2D eigenvalue weighted by atomic mass is 16.3. The zero-order chi connectivity index (χ0) is 22.7. The van der Waals surface area contributed by atoms with Gasteiger partial charge in [0.2, 0.25) is 0 Å². The molecular formula is C25H30O6. The van der Waals surface area contributed by atoms with E-state index in [-0.39, 0.29) is 45.3 Å². The van der Waals surface area contributed by atoms with E-state index >= 15 is 0 Å². The average molecular weight is 427 g/mol. The fraction of sp³-hybridized carbons (Fsp3) is 0.400. The summed E-state index contributed by atoms with van der Waals surface area (Å²) in [6, 6.07) is 6.42. The third-order valence-corrected chi connectivity index (χ3v) is 5.64. The van der Waals surface area contributed by atoms with Crippen molar-refractivity contribution in [3.05, 3.63) is 46.1 Å². The molecule has 3 rings (SSSR count). The van der Waals surface area contributed by atoms with E-state index in [4.69, 9.17) is 4.42 Å². The van der Waals surface area contributed by atoms with Crippen molar-refractivity contribution in [3.8, 4) is 34.3 Å². The Morgan fingerprint density at radius 3 is 2.26 bits per heavy atom. The summed E-state index contributed by atoms with van der Waals surface area (Å²) in [5.41, 5.74) is 0.251. The van der Waals surface area contributed by atoms with Gasteiger partial charge in [-0.25, -0.2) is 0 Å². The molecule has 0 bridgehead atoms. The lowest BCUT2D eigenvalue weighted by atomic mass is 9.92. The van der Waals surface area contributed by atoms with E-state index in [2.05, 4.69) is 20.8 Å². The van der Waals surface area contributed by atoms with Crippen LogP contribution in [0, 0.1) is 11.8 Å². The Morgan fingerprint density at radius 1 is 0.871 bits per heavy atom. The fourth-order valence-electron chi connectivity index (χ4n) is 3.89. The van der Waals surface area contributed by atoms with Crippen LogP contribution in [0.15, 0.2) is 39.5 Å². The van der Waals surface area contributed by atoms with Crippen molar-refractivity contribution in [2.45, 2.75) is 52.9 Å². The number of fused-ring (bicyclic) bond motifs is 1. The van der Waals surface area contributed by atoms with Crippen LogP contribution >= 0.6 is 0 Å². The van der Waals surface area contributed by atoms with Gasteiger partial charge in [-0.1, -0.05) is 40.0 Å². The highest BCUT2D eigenvalue weighted by Crippen LogP contribution is 2.38. The highest BCUT2D eigenvalue weighted by Gasteiger charge is 2.21. The minimum absolute atomic E-state index is 0.00211. The van der Waals surface area contributed by atoms with E-state index in [1.807, 2.05) is 0 Å². The van der Waals surface area contributed by atoms with Crippen LogP contribution in [0.2, 0.25) is 0 Å². The molecule has 0 aliphatic heterocycles. The van der Waals surface area contributed by atoms with Gasteiger partial charge in [-0.3, -0.25) is 4.79 Å². The number of hydrogen-bond donors (Lipinski definition) is 4. The maximum atomic E-state index is 13.3. The first-order valence-electron chi connectivity index (χ1n) is 10.7. The third-order valence-electron chi connectivity index (χ3n) is 5.64. The summed E-state index contributed by atoms with van der Waals surface area (Å²) in [5, 5.41) is 40.1. The van der Waals surface area contributed by atoms with Gasteiger partial charge in [-0.2, -0.15) is 0 Å². The molecule has 166 valence electrons. The Kier molecular flexibility index (Phi) is 6.78. The largest absolute Gasteiger partial charge is 0.508 e. The first-order valence-corrected chi connectivity index (χ1v) is 10.7. The lowest BCUT2D eigenvalue weighted by Crippen LogP contribution is -2.13. The molecule has 1 unspecified atom stereocenters. The summed E-state index contributed by atoms with van der Waals surface area (Å²) >= 11 is 0. The predicted octanol–water partition coefficient (Wildman–Crippen LogP) is 5.68. The molecule has 0 saturated carbocycles. The van der Waals surface area contributed by atoms with Gasteiger partial charge in [0.15, 0.2) is 5.43 Å². The van der Waals surface area contributed by atoms with E-state index < -0.39 is 5.43 Å². The van der Waals surface area contributed by atoms with E-state index in [9.17, 15) is 25.2 Å². The monoisotopic (exact) mass is 426 g/mol. The lowest BCUT2D eigenvalue weighted by molar-refractivity contribution is 0.434. The summed E-state index contributed by atoms with van der Waals surface area (Å²) in [7, 11) is 0. The molecule has 2 aromatic carbocycles. The second-order valence-electron chi connectivity index (χ2n) is 8.75. The number of phenols is 4. The summed E-state index contributed by atoms with van der Waals surface area (Å²) in [6.45, 7) is 6.55. The molecule has 0 spiro atoms. The number of rotatable bonds is 8. The van der Waals surface area contributed by atoms with Crippen molar-refractivity contribution in [1.29, 1.82) is 0 Å². The van der Waals surface area contributed by atoms with Gasteiger partial charge in [0.1, 0.15) is 39.7 Å². The van der Waals surface area contributed by atoms with Crippen molar-refractivity contribution < 1.29 is 24.8 Å². The maximum absolute atomic E-state index is 13.3. The Balaban J connectivity index is 2.05. The molecule has 0 amide bonds. The Hall–Kier alpha value is -3.15. The van der Waals surface area contributed by atoms with Gasteiger partial charge in [0.25, 0.3) is 0 Å². The van der Waals surface area contributed by atoms with Gasteiger partial charge in [-0.15, -0.1) is 0 Å². The van der Waals surface area contributed by atoms with Crippen molar-refractivity contribution >= 4 is 11.0 Å². The molecule has 0 saturated heterocycles. The number of phenolic OH excluding ortho intramolecular Hbond substituents is 4. The Labute approximate surface area is 181 Å². The molecule has 6 nitrogen and oxygen atoms in total. The minimum Gasteiger partial charge on any atom is -0.508 e. The quantitative estimate of drug-likeness (QED) is 0.369. The number of aromatic hydroxyl groups is 4. The molecule has 0 aliphatic rings. The summed E-state index contributed by atoms with van der Waals surface area (Å²) in [6.07, 6.45) is 4.50. The van der Waals surface area contributed by atoms with Crippen molar-refractivity contribution in [1.82, 2.24) is 0 Å². The molecule has 1 atom stereocenters. The average Bonchev–Trinajstić information content (AvgIpc) is 2.66. The van der Waals surface area contributed by atoms with E-state index in [0.717, 1.165) is 31.7 Å². The molecule has 31 heavy (non-hydrogen) atoms. The third kappa shape index (κ3) is 5.13. The molecule has 0 aliphatic carbocycles. The van der Waals surface area contributed by atoms with Crippen LogP contribution in [0.25, 0.3) is 22.3 Å². The van der Waals surface area contributed by atoms with Gasteiger partial charge < -0.3 is 24.8 Å². The maximum Gasteiger partial charge on any atom is 0.200 e. The van der Waals surface area contributed by atoms with Crippen LogP contribution in [0.3, 0.4) is 0 Å². The van der Waals surface area contributed by atoms with Crippen LogP contribution in [0.4, 0.5) is 0 Å². The van der Waals surface area contributed by atoms with E-state index in [1.165, 1.54) is 24.3 Å². The standard InChI is InChI=1S/C25H30O6/c1-14(2)5-4-6-15(3)7-9-19-24(30)23-21(29)12-17(27)13-22(23)31-25(19)18-10-8-16(26)11-20(18)28/h8,10-15,26-29H,4-7,9H2,1-3H3. The minimum atomic E-state index is -0.393. The van der Waals surface area contributed by atoms with Crippen molar-refractivity contribution in [2.75, 3.05) is 0 Å². The van der Waals surface area contributed by atoms with Gasteiger partial charge >= 0.3 is 0 Å². The lowest BCUT2D eigenvalue weighted by Gasteiger charge is -2.15. The van der Waals surface area contributed by atoms with Gasteiger partial charge in [0, 0.05) is 23.8 Å². The summed E-state index contributed by atoms with van der Waals surface area (Å²) in [5.74, 6) is 0.302. The SMILES string of the molecule is CC(C)CCCC(C)CCc1c(-c2ccc(O)cc2O)oc2cc(O)cc(O)c2c1=O. The molecule has 0 radical (unpaired) electrons. The van der Waals surface area contributed by atoms with Crippen molar-refractivity contribution in [3.63, 3.8) is 0 Å². The van der Waals surface area contributed by atoms with E-state index in [0.29, 0.717) is 23.8 Å². The molecule has 1 aromatic heterocycles. The first-order chi connectivity index (χ1) is 14.7. The van der Waals surface area contributed by atoms with Crippen LogP contribution in [0.1, 0.15) is 52.0 Å². The smallest absolute Gasteiger partial charge is 0.200 e. The zero-order valence-electron chi connectivity index (χ0n) is 18.2. The molecule has 4 N–H and O–H groups in total. The zero-order valence-corrected chi connectivity index (χ0v) is 18.2. The second-order valence-corrected chi connectivity index (χ2v) is 8.75. The summed E-state index contributed by atoms with van der Waals surface area (Å²) in [4.78, 5) is 13.3. The normalized spacial score (nSPS) is 12.5. The van der Waals surface area contributed by atoms with Crippen LogP contribution in [-0.2, 0) is 6.42 Å². The molecule has 6 heteroatoms. The first kappa shape index (κ1) is 22.5. The predicted molar refractivity (Wildman–Crippen MR) is 121 cm³/mol. The molecule has 1 heterocycles. The summed E-state index contributed by atoms with van der Waals surface area (Å²) < 4.78 is 5.93. The molecular weight excluding hydrogens is 396 g/mol. The van der Waals surface area contributed by atoms with E-state index in [1.54, 1.807) is 0 Å². The molecule has 0 fully saturated rings. The Bertz CT molecular complexity index is 1130. The van der Waals surface area contributed by atoms with Crippen LogP contribution < -0.4 is 5.43 Å². The highest BCUT2D eigenvalue weighted by molar-refractivity contribution is 5.87. The number of hydrogen-bond acceptors (Lipinski definition) is 6. The molecule has 3 aromatic rings. The van der Waals surface area contributed by atoms with Crippen LogP contribution in [-0.4, -0.2) is 20.4 Å². The van der Waals surface area contributed by atoms with Gasteiger partial charge in [-0.05, 0) is 36.8 Å². The Morgan fingerprint density at radius 2 is 1.58 bits per heavy atom. The second kappa shape index (κ2) is 9.33.